The molecule has 1 aromatic heterocycles. The van der Waals surface area contributed by atoms with Crippen LogP contribution < -0.4 is 0 Å². The zero-order valence-electron chi connectivity index (χ0n) is 12.0. The van der Waals surface area contributed by atoms with E-state index < -0.39 is 24.2 Å². The van der Waals surface area contributed by atoms with Crippen LogP contribution in [-0.4, -0.2) is 41.7 Å². The third kappa shape index (κ3) is 2.88. The van der Waals surface area contributed by atoms with E-state index >= 15 is 0 Å². The summed E-state index contributed by atoms with van der Waals surface area (Å²) >= 11 is 0. The Kier molecular flexibility index (Phi) is 4.22. The van der Waals surface area contributed by atoms with Crippen molar-refractivity contribution < 1.29 is 22.7 Å². The molecule has 0 aliphatic carbocycles. The van der Waals surface area contributed by atoms with Gasteiger partial charge in [-0.2, -0.15) is 13.2 Å². The molecule has 1 aliphatic rings. The number of hydrogen-bond donors (Lipinski definition) is 0. The van der Waals surface area contributed by atoms with Crippen LogP contribution >= 0.6 is 0 Å². The fourth-order valence-corrected chi connectivity index (χ4v) is 2.78. The number of amides is 1. The van der Waals surface area contributed by atoms with E-state index in [1.165, 1.54) is 7.11 Å². The number of carbonyl (C=O) groups excluding carboxylic acids is 1. The van der Waals surface area contributed by atoms with Crippen LogP contribution in [0, 0.1) is 0 Å². The van der Waals surface area contributed by atoms with Gasteiger partial charge in [0.2, 0.25) is 0 Å². The first kappa shape index (κ1) is 15.8. The lowest BCUT2D eigenvalue weighted by Crippen LogP contribution is -2.48. The molecule has 0 spiro atoms. The SMILES string of the molecule is COC1c2ncccc2C(C)CN(C(=O)C(F)(F)F)C1C. The van der Waals surface area contributed by atoms with Crippen LogP contribution in [0.4, 0.5) is 13.2 Å². The Hall–Kier alpha value is -1.63. The standard InChI is InChI=1S/C14H17F3N2O2/c1-8-7-19(13(20)14(15,16)17)9(2)12(21-3)11-10(8)5-4-6-18-11/h4-6,8-9,12H,7H2,1-3H3. The Balaban J connectivity index is 2.46. The summed E-state index contributed by atoms with van der Waals surface area (Å²) in [4.78, 5) is 16.7. The number of hydrogen-bond acceptors (Lipinski definition) is 3. The Morgan fingerprint density at radius 1 is 1.43 bits per heavy atom. The van der Waals surface area contributed by atoms with E-state index in [1.54, 1.807) is 26.1 Å². The Labute approximate surface area is 120 Å². The van der Waals surface area contributed by atoms with Crippen molar-refractivity contribution in [3.63, 3.8) is 0 Å². The molecule has 1 amide bonds. The van der Waals surface area contributed by atoms with Gasteiger partial charge in [0, 0.05) is 25.8 Å². The van der Waals surface area contributed by atoms with Crippen LogP contribution in [0.25, 0.3) is 0 Å². The lowest BCUT2D eigenvalue weighted by molar-refractivity contribution is -0.190. The number of fused-ring (bicyclic) bond motifs is 1. The third-order valence-corrected chi connectivity index (χ3v) is 3.83. The zero-order valence-corrected chi connectivity index (χ0v) is 12.0. The second-order valence-electron chi connectivity index (χ2n) is 5.23. The lowest BCUT2D eigenvalue weighted by atomic mass is 9.98. The number of rotatable bonds is 1. The summed E-state index contributed by atoms with van der Waals surface area (Å²) in [6.45, 7) is 3.31. The van der Waals surface area contributed by atoms with Gasteiger partial charge in [0.25, 0.3) is 0 Å². The van der Waals surface area contributed by atoms with Crippen molar-refractivity contribution in [3.05, 3.63) is 29.6 Å². The van der Waals surface area contributed by atoms with Crippen LogP contribution in [-0.2, 0) is 9.53 Å². The first-order chi connectivity index (χ1) is 9.77. The van der Waals surface area contributed by atoms with Crippen LogP contribution in [0.15, 0.2) is 18.3 Å². The van der Waals surface area contributed by atoms with Crippen molar-refractivity contribution in [3.8, 4) is 0 Å². The van der Waals surface area contributed by atoms with Gasteiger partial charge in [-0.3, -0.25) is 9.78 Å². The highest BCUT2D eigenvalue weighted by Crippen LogP contribution is 2.36. The van der Waals surface area contributed by atoms with Crippen molar-refractivity contribution >= 4 is 5.91 Å². The molecule has 2 heterocycles. The molecule has 1 aromatic rings. The van der Waals surface area contributed by atoms with Crippen molar-refractivity contribution in [2.75, 3.05) is 13.7 Å². The third-order valence-electron chi connectivity index (χ3n) is 3.83. The topological polar surface area (TPSA) is 42.4 Å². The van der Waals surface area contributed by atoms with Crippen molar-refractivity contribution in [1.29, 1.82) is 0 Å². The maximum Gasteiger partial charge on any atom is 0.471 e. The van der Waals surface area contributed by atoms with Crippen LogP contribution in [0.5, 0.6) is 0 Å². The molecular weight excluding hydrogens is 285 g/mol. The number of carbonyl (C=O) groups is 1. The summed E-state index contributed by atoms with van der Waals surface area (Å²) in [5.41, 5.74) is 1.41. The Morgan fingerprint density at radius 2 is 2.10 bits per heavy atom. The summed E-state index contributed by atoms with van der Waals surface area (Å²) in [5.74, 6) is -2.08. The average molecular weight is 302 g/mol. The summed E-state index contributed by atoms with van der Waals surface area (Å²) in [5, 5.41) is 0. The first-order valence-electron chi connectivity index (χ1n) is 6.62. The number of methoxy groups -OCH3 is 1. The van der Waals surface area contributed by atoms with Gasteiger partial charge in [0.1, 0.15) is 6.10 Å². The zero-order chi connectivity index (χ0) is 15.8. The second kappa shape index (κ2) is 5.63. The fraction of sp³-hybridized carbons (Fsp3) is 0.571. The first-order valence-corrected chi connectivity index (χ1v) is 6.62. The number of alkyl halides is 3. The van der Waals surface area contributed by atoms with Gasteiger partial charge < -0.3 is 9.64 Å². The fourth-order valence-electron chi connectivity index (χ4n) is 2.78. The summed E-state index contributed by atoms with van der Waals surface area (Å²) in [6, 6.07) is 2.80. The predicted molar refractivity (Wildman–Crippen MR) is 69.6 cm³/mol. The Bertz CT molecular complexity index is 533. The maximum absolute atomic E-state index is 12.8. The van der Waals surface area contributed by atoms with E-state index in [4.69, 9.17) is 4.74 Å². The predicted octanol–water partition coefficient (Wildman–Crippen LogP) is 2.67. The van der Waals surface area contributed by atoms with Gasteiger partial charge in [0.15, 0.2) is 0 Å². The average Bonchev–Trinajstić information content (AvgIpc) is 2.53. The second-order valence-corrected chi connectivity index (χ2v) is 5.23. The molecule has 0 aromatic carbocycles. The minimum atomic E-state index is -4.89. The molecule has 4 nitrogen and oxygen atoms in total. The normalized spacial score (nSPS) is 26.2. The van der Waals surface area contributed by atoms with Crippen LogP contribution in [0.3, 0.4) is 0 Å². The van der Waals surface area contributed by atoms with Gasteiger partial charge in [-0.15, -0.1) is 0 Å². The highest BCUT2D eigenvalue weighted by Gasteiger charge is 2.47. The molecule has 3 atom stereocenters. The molecule has 0 bridgehead atoms. The van der Waals surface area contributed by atoms with Gasteiger partial charge in [0.05, 0.1) is 11.7 Å². The molecule has 7 heteroatoms. The monoisotopic (exact) mass is 302 g/mol. The molecule has 2 rings (SSSR count). The number of halogens is 3. The number of ether oxygens (including phenoxy) is 1. The molecule has 0 saturated heterocycles. The van der Waals surface area contributed by atoms with E-state index in [1.807, 2.05) is 6.07 Å². The molecule has 0 fully saturated rings. The maximum atomic E-state index is 12.8. The summed E-state index contributed by atoms with van der Waals surface area (Å²) in [7, 11) is 1.41. The molecule has 0 saturated carbocycles. The van der Waals surface area contributed by atoms with E-state index in [0.29, 0.717) is 5.69 Å². The molecule has 3 unspecified atom stereocenters. The van der Waals surface area contributed by atoms with E-state index in [9.17, 15) is 18.0 Å². The van der Waals surface area contributed by atoms with E-state index in [-0.39, 0.29) is 12.5 Å². The molecule has 116 valence electrons. The summed E-state index contributed by atoms with van der Waals surface area (Å²) in [6.07, 6.45) is -4.00. The van der Waals surface area contributed by atoms with Crippen molar-refractivity contribution in [2.45, 2.75) is 38.1 Å². The van der Waals surface area contributed by atoms with E-state index in [2.05, 4.69) is 4.98 Å². The van der Waals surface area contributed by atoms with E-state index in [0.717, 1.165) is 10.5 Å². The van der Waals surface area contributed by atoms with Crippen LogP contribution in [0.2, 0.25) is 0 Å². The van der Waals surface area contributed by atoms with Gasteiger partial charge in [-0.25, -0.2) is 0 Å². The van der Waals surface area contributed by atoms with Gasteiger partial charge >= 0.3 is 12.1 Å². The highest BCUT2D eigenvalue weighted by atomic mass is 19.4. The quantitative estimate of drug-likeness (QED) is 0.801. The van der Waals surface area contributed by atoms with Crippen LogP contribution in [0.1, 0.15) is 37.1 Å². The van der Waals surface area contributed by atoms with Crippen molar-refractivity contribution in [2.24, 2.45) is 0 Å². The number of aromatic nitrogens is 1. The highest BCUT2D eigenvalue weighted by molar-refractivity contribution is 5.82. The molecule has 21 heavy (non-hydrogen) atoms. The molecular formula is C14H17F3N2O2. The number of pyridine rings is 1. The van der Waals surface area contributed by atoms with Crippen molar-refractivity contribution in [1.82, 2.24) is 9.88 Å². The lowest BCUT2D eigenvalue weighted by Gasteiger charge is -2.32. The Morgan fingerprint density at radius 3 is 2.67 bits per heavy atom. The largest absolute Gasteiger partial charge is 0.471 e. The van der Waals surface area contributed by atoms with Gasteiger partial charge in [-0.05, 0) is 18.6 Å². The molecule has 0 radical (unpaired) electrons. The number of nitrogens with zero attached hydrogens (tertiary/aromatic N) is 2. The minimum Gasteiger partial charge on any atom is -0.373 e. The molecule has 0 N–H and O–H groups in total. The smallest absolute Gasteiger partial charge is 0.373 e. The minimum absolute atomic E-state index is 0.0158. The molecule has 1 aliphatic heterocycles. The van der Waals surface area contributed by atoms with Gasteiger partial charge in [-0.1, -0.05) is 13.0 Å². The summed E-state index contributed by atoms with van der Waals surface area (Å²) < 4.78 is 43.7.